The van der Waals surface area contributed by atoms with Crippen LogP contribution in [0.3, 0.4) is 0 Å². The lowest BCUT2D eigenvalue weighted by molar-refractivity contribution is -0.125. The number of benzene rings is 1. The van der Waals surface area contributed by atoms with Gasteiger partial charge in [0, 0.05) is 25.6 Å². The molecule has 1 saturated carbocycles. The summed E-state index contributed by atoms with van der Waals surface area (Å²) >= 11 is 0. The summed E-state index contributed by atoms with van der Waals surface area (Å²) in [7, 11) is 0. The molecule has 3 nitrogen and oxygen atoms in total. The molecule has 1 atom stereocenters. The first-order chi connectivity index (χ1) is 10.7. The smallest absolute Gasteiger partial charge is 0.223 e. The van der Waals surface area contributed by atoms with Crippen molar-refractivity contribution in [1.82, 2.24) is 10.6 Å². The maximum Gasteiger partial charge on any atom is 0.223 e. The van der Waals surface area contributed by atoms with Crippen molar-refractivity contribution in [3.05, 3.63) is 34.9 Å². The maximum absolute atomic E-state index is 12.3. The Morgan fingerprint density at radius 3 is 2.82 bits per heavy atom. The van der Waals surface area contributed by atoms with Gasteiger partial charge in [-0.2, -0.15) is 0 Å². The van der Waals surface area contributed by atoms with E-state index in [4.69, 9.17) is 0 Å². The van der Waals surface area contributed by atoms with Gasteiger partial charge in [0.05, 0.1) is 0 Å². The molecule has 120 valence electrons. The van der Waals surface area contributed by atoms with Gasteiger partial charge < -0.3 is 10.6 Å². The van der Waals surface area contributed by atoms with Gasteiger partial charge in [0.25, 0.3) is 0 Å². The second-order valence-corrected chi connectivity index (χ2v) is 7.07. The third-order valence-electron chi connectivity index (χ3n) is 5.23. The molecule has 0 aromatic heterocycles. The highest BCUT2D eigenvalue weighted by Crippen LogP contribution is 2.29. The highest BCUT2D eigenvalue weighted by Gasteiger charge is 2.20. The molecule has 3 heteroatoms. The molecular formula is C19H28N2O. The molecule has 1 aliphatic carbocycles. The molecule has 1 amide bonds. The summed E-state index contributed by atoms with van der Waals surface area (Å²) in [5, 5.41) is 6.48. The summed E-state index contributed by atoms with van der Waals surface area (Å²) in [5.41, 5.74) is 3.98. The Labute approximate surface area is 133 Å². The zero-order valence-corrected chi connectivity index (χ0v) is 13.7. The van der Waals surface area contributed by atoms with E-state index in [-0.39, 0.29) is 11.8 Å². The van der Waals surface area contributed by atoms with E-state index in [9.17, 15) is 4.79 Å². The summed E-state index contributed by atoms with van der Waals surface area (Å²) in [6.07, 6.45) is 7.76. The Bertz CT molecular complexity index is 520. The number of hydrogen-bond donors (Lipinski definition) is 2. The Morgan fingerprint density at radius 1 is 1.23 bits per heavy atom. The molecule has 0 radical (unpaired) electrons. The number of rotatable bonds is 5. The lowest BCUT2D eigenvalue weighted by Crippen LogP contribution is -2.30. The molecule has 1 aromatic rings. The standard InChI is InChI=1S/C19H28N2O/c1-14(9-15-5-3-2-4-6-15)19(22)21-11-16-7-8-17-12-20-13-18(17)10-16/h7-8,10,14-15,20H,2-6,9,11-13H2,1H3,(H,21,22). The highest BCUT2D eigenvalue weighted by molar-refractivity contribution is 5.78. The van der Waals surface area contributed by atoms with Gasteiger partial charge in [-0.1, -0.05) is 57.2 Å². The normalized spacial score (nSPS) is 19.7. The number of amides is 1. The summed E-state index contributed by atoms with van der Waals surface area (Å²) < 4.78 is 0. The van der Waals surface area contributed by atoms with Crippen LogP contribution in [0.4, 0.5) is 0 Å². The van der Waals surface area contributed by atoms with Crippen molar-refractivity contribution in [3.8, 4) is 0 Å². The topological polar surface area (TPSA) is 41.1 Å². The monoisotopic (exact) mass is 300 g/mol. The van der Waals surface area contributed by atoms with Crippen LogP contribution in [-0.4, -0.2) is 5.91 Å². The van der Waals surface area contributed by atoms with E-state index in [2.05, 4.69) is 35.8 Å². The Kier molecular flexibility index (Phi) is 5.14. The third kappa shape index (κ3) is 3.89. The van der Waals surface area contributed by atoms with Crippen LogP contribution in [0.15, 0.2) is 18.2 Å². The van der Waals surface area contributed by atoms with Gasteiger partial charge in [-0.05, 0) is 29.0 Å². The number of hydrogen-bond acceptors (Lipinski definition) is 2. The predicted molar refractivity (Wildman–Crippen MR) is 89.2 cm³/mol. The Morgan fingerprint density at radius 2 is 2.00 bits per heavy atom. The first kappa shape index (κ1) is 15.5. The van der Waals surface area contributed by atoms with E-state index in [1.807, 2.05) is 0 Å². The first-order valence-corrected chi connectivity index (χ1v) is 8.81. The molecule has 1 unspecified atom stereocenters. The van der Waals surface area contributed by atoms with Crippen LogP contribution in [0.2, 0.25) is 0 Å². The van der Waals surface area contributed by atoms with Gasteiger partial charge in [0.15, 0.2) is 0 Å². The van der Waals surface area contributed by atoms with Crippen molar-refractivity contribution in [2.75, 3.05) is 0 Å². The van der Waals surface area contributed by atoms with Crippen LogP contribution < -0.4 is 10.6 Å². The average Bonchev–Trinajstić information content (AvgIpc) is 3.01. The van der Waals surface area contributed by atoms with Crippen molar-refractivity contribution >= 4 is 5.91 Å². The van der Waals surface area contributed by atoms with Gasteiger partial charge in [0.1, 0.15) is 0 Å². The minimum atomic E-state index is 0.138. The van der Waals surface area contributed by atoms with Crippen LogP contribution in [0.5, 0.6) is 0 Å². The Balaban J connectivity index is 1.47. The van der Waals surface area contributed by atoms with E-state index >= 15 is 0 Å². The molecule has 0 bridgehead atoms. The van der Waals surface area contributed by atoms with Crippen molar-refractivity contribution in [3.63, 3.8) is 0 Å². The third-order valence-corrected chi connectivity index (χ3v) is 5.23. The van der Waals surface area contributed by atoms with Gasteiger partial charge in [-0.3, -0.25) is 4.79 Å². The van der Waals surface area contributed by atoms with Gasteiger partial charge in [-0.25, -0.2) is 0 Å². The van der Waals surface area contributed by atoms with Gasteiger partial charge in [0.2, 0.25) is 5.91 Å². The molecule has 1 heterocycles. The number of carbonyl (C=O) groups is 1. The minimum absolute atomic E-state index is 0.138. The molecule has 1 fully saturated rings. The summed E-state index contributed by atoms with van der Waals surface area (Å²) in [4.78, 5) is 12.3. The van der Waals surface area contributed by atoms with Crippen LogP contribution in [0.25, 0.3) is 0 Å². The molecule has 22 heavy (non-hydrogen) atoms. The lowest BCUT2D eigenvalue weighted by Gasteiger charge is -2.24. The average molecular weight is 300 g/mol. The molecule has 3 rings (SSSR count). The van der Waals surface area contributed by atoms with E-state index in [0.717, 1.165) is 25.4 Å². The fourth-order valence-electron chi connectivity index (χ4n) is 3.85. The van der Waals surface area contributed by atoms with Crippen LogP contribution >= 0.6 is 0 Å². The van der Waals surface area contributed by atoms with E-state index < -0.39 is 0 Å². The Hall–Kier alpha value is -1.35. The highest BCUT2D eigenvalue weighted by atomic mass is 16.1. The maximum atomic E-state index is 12.3. The molecule has 2 aliphatic rings. The van der Waals surface area contributed by atoms with Crippen LogP contribution in [-0.2, 0) is 24.4 Å². The van der Waals surface area contributed by atoms with Crippen molar-refractivity contribution in [1.29, 1.82) is 0 Å². The SMILES string of the molecule is CC(CC1CCCCC1)C(=O)NCc1ccc2c(c1)CNC2. The van der Waals surface area contributed by atoms with Crippen molar-refractivity contribution in [2.24, 2.45) is 11.8 Å². The molecule has 1 aromatic carbocycles. The minimum Gasteiger partial charge on any atom is -0.352 e. The zero-order valence-electron chi connectivity index (χ0n) is 13.7. The number of nitrogens with one attached hydrogen (secondary N) is 2. The van der Waals surface area contributed by atoms with Crippen LogP contribution in [0.1, 0.15) is 62.1 Å². The molecule has 1 aliphatic heterocycles. The molecule has 0 spiro atoms. The summed E-state index contributed by atoms with van der Waals surface area (Å²) in [6.45, 7) is 4.66. The molecule has 0 saturated heterocycles. The fraction of sp³-hybridized carbons (Fsp3) is 0.632. The molecule has 2 N–H and O–H groups in total. The van der Waals surface area contributed by atoms with Crippen molar-refractivity contribution in [2.45, 2.75) is 65.1 Å². The van der Waals surface area contributed by atoms with Gasteiger partial charge >= 0.3 is 0 Å². The van der Waals surface area contributed by atoms with E-state index in [0.29, 0.717) is 6.54 Å². The second-order valence-electron chi connectivity index (χ2n) is 7.07. The van der Waals surface area contributed by atoms with E-state index in [1.165, 1.54) is 48.8 Å². The number of carbonyl (C=O) groups excluding carboxylic acids is 1. The summed E-state index contributed by atoms with van der Waals surface area (Å²) in [6, 6.07) is 6.54. The van der Waals surface area contributed by atoms with Crippen molar-refractivity contribution < 1.29 is 4.79 Å². The summed E-state index contributed by atoms with van der Waals surface area (Å²) in [5.74, 6) is 1.11. The quantitative estimate of drug-likeness (QED) is 0.873. The number of fused-ring (bicyclic) bond motifs is 1. The zero-order chi connectivity index (χ0) is 15.4. The molecular weight excluding hydrogens is 272 g/mol. The second kappa shape index (κ2) is 7.28. The lowest BCUT2D eigenvalue weighted by atomic mass is 9.83. The van der Waals surface area contributed by atoms with Gasteiger partial charge in [-0.15, -0.1) is 0 Å². The fourth-order valence-corrected chi connectivity index (χ4v) is 3.85. The van der Waals surface area contributed by atoms with Crippen LogP contribution in [0, 0.1) is 11.8 Å². The predicted octanol–water partition coefficient (Wildman–Crippen LogP) is 3.51. The first-order valence-electron chi connectivity index (χ1n) is 8.81. The van der Waals surface area contributed by atoms with E-state index in [1.54, 1.807) is 0 Å². The largest absolute Gasteiger partial charge is 0.352 e.